The number of fused-ring (bicyclic) bond motifs is 1. The largest absolute Gasteiger partial charge is 0.356 e. The van der Waals surface area contributed by atoms with Gasteiger partial charge in [0.1, 0.15) is 18.2 Å². The highest BCUT2D eigenvalue weighted by Gasteiger charge is 2.19. The minimum atomic E-state index is -0.538. The molecule has 2 aromatic heterocycles. The Balaban J connectivity index is 1.52. The van der Waals surface area contributed by atoms with E-state index >= 15 is 0 Å². The summed E-state index contributed by atoms with van der Waals surface area (Å²) in [4.78, 5) is 31.5. The molecule has 0 atom stereocenters. The van der Waals surface area contributed by atoms with Gasteiger partial charge in [0.05, 0.1) is 5.69 Å². The van der Waals surface area contributed by atoms with Gasteiger partial charge in [-0.3, -0.25) is 4.79 Å². The summed E-state index contributed by atoms with van der Waals surface area (Å²) in [5.74, 6) is 0.646. The Kier molecular flexibility index (Phi) is 5.04. The highest BCUT2D eigenvalue weighted by atomic mass is 19.1. The van der Waals surface area contributed by atoms with Crippen LogP contribution in [0.5, 0.6) is 0 Å². The number of rotatable bonds is 4. The van der Waals surface area contributed by atoms with Gasteiger partial charge in [0.25, 0.3) is 5.78 Å². The number of aromatic nitrogens is 4. The number of carbonyl (C=O) groups is 1. The first-order valence-electron chi connectivity index (χ1n) is 9.68. The lowest BCUT2D eigenvalue weighted by molar-refractivity contribution is -0.117. The summed E-state index contributed by atoms with van der Waals surface area (Å²) < 4.78 is 16.3. The second-order valence-electron chi connectivity index (χ2n) is 7.60. The molecule has 9 heteroatoms. The number of hydrogen-bond acceptors (Lipinski definition) is 5. The first-order chi connectivity index (χ1) is 13.9. The predicted octanol–water partition coefficient (Wildman–Crippen LogP) is 2.21. The van der Waals surface area contributed by atoms with E-state index in [1.54, 1.807) is 25.3 Å². The SMILES string of the molecule is Cc1ccc(NC(=O)Cn2nc3nc(N4CCC(C)CC4)ccn3c2=O)c(F)c1. The summed E-state index contributed by atoms with van der Waals surface area (Å²) in [6.07, 6.45) is 3.83. The molecule has 1 aromatic carbocycles. The quantitative estimate of drug-likeness (QED) is 0.728. The summed E-state index contributed by atoms with van der Waals surface area (Å²) in [5, 5.41) is 6.65. The predicted molar refractivity (Wildman–Crippen MR) is 108 cm³/mol. The average Bonchev–Trinajstić information content (AvgIpc) is 2.99. The molecule has 0 unspecified atom stereocenters. The second kappa shape index (κ2) is 7.65. The van der Waals surface area contributed by atoms with E-state index in [0.29, 0.717) is 5.92 Å². The number of halogens is 1. The molecule has 1 N–H and O–H groups in total. The lowest BCUT2D eigenvalue weighted by Crippen LogP contribution is -2.33. The maximum Gasteiger partial charge on any atom is 0.352 e. The molecular formula is C20H23FN6O2. The fraction of sp³-hybridized carbons (Fsp3) is 0.400. The molecule has 0 radical (unpaired) electrons. The molecular weight excluding hydrogens is 375 g/mol. The number of nitrogens with zero attached hydrogens (tertiary/aromatic N) is 5. The van der Waals surface area contributed by atoms with Crippen molar-refractivity contribution in [3.63, 3.8) is 0 Å². The van der Waals surface area contributed by atoms with E-state index in [1.165, 1.54) is 16.5 Å². The molecule has 3 heterocycles. The van der Waals surface area contributed by atoms with Gasteiger partial charge >= 0.3 is 5.69 Å². The third kappa shape index (κ3) is 3.98. The van der Waals surface area contributed by atoms with Crippen LogP contribution in [-0.4, -0.2) is 38.2 Å². The van der Waals surface area contributed by atoms with Crippen LogP contribution in [-0.2, 0) is 11.3 Å². The third-order valence-electron chi connectivity index (χ3n) is 5.24. The second-order valence-corrected chi connectivity index (χ2v) is 7.60. The van der Waals surface area contributed by atoms with E-state index in [9.17, 15) is 14.0 Å². The minimum absolute atomic E-state index is 0.0668. The van der Waals surface area contributed by atoms with Gasteiger partial charge in [0.2, 0.25) is 5.91 Å². The topological polar surface area (TPSA) is 84.5 Å². The number of benzene rings is 1. The first-order valence-corrected chi connectivity index (χ1v) is 9.68. The molecule has 0 aliphatic carbocycles. The number of anilines is 2. The summed E-state index contributed by atoms with van der Waals surface area (Å²) in [7, 11) is 0. The van der Waals surface area contributed by atoms with Crippen molar-refractivity contribution in [1.29, 1.82) is 0 Å². The minimum Gasteiger partial charge on any atom is -0.356 e. The number of hydrogen-bond donors (Lipinski definition) is 1. The van der Waals surface area contributed by atoms with Gasteiger partial charge in [-0.25, -0.2) is 18.3 Å². The highest BCUT2D eigenvalue weighted by molar-refractivity contribution is 5.90. The van der Waals surface area contributed by atoms with Crippen LogP contribution in [0.4, 0.5) is 15.9 Å². The molecule has 1 amide bonds. The third-order valence-corrected chi connectivity index (χ3v) is 5.24. The Labute approximate surface area is 167 Å². The highest BCUT2D eigenvalue weighted by Crippen LogP contribution is 2.21. The van der Waals surface area contributed by atoms with Crippen molar-refractivity contribution in [3.05, 3.63) is 52.3 Å². The number of amides is 1. The van der Waals surface area contributed by atoms with Gasteiger partial charge in [-0.1, -0.05) is 13.0 Å². The van der Waals surface area contributed by atoms with Crippen LogP contribution in [0.15, 0.2) is 35.3 Å². The maximum atomic E-state index is 13.9. The lowest BCUT2D eigenvalue weighted by atomic mass is 9.99. The standard InChI is InChI=1S/C20H23FN6O2/c1-13-5-8-25(9-6-13)17-7-10-26-19(23-17)24-27(20(26)29)12-18(28)22-16-4-3-14(2)11-15(16)21/h3-4,7,10-11,13H,5-6,8-9,12H2,1-2H3,(H,22,28). The number of carbonyl (C=O) groups excluding carboxylic acids is 1. The maximum absolute atomic E-state index is 13.9. The van der Waals surface area contributed by atoms with Gasteiger partial charge in [-0.05, 0) is 49.4 Å². The van der Waals surface area contributed by atoms with Crippen LogP contribution in [0, 0.1) is 18.7 Å². The molecule has 0 spiro atoms. The fourth-order valence-corrected chi connectivity index (χ4v) is 3.46. The van der Waals surface area contributed by atoms with Crippen molar-refractivity contribution in [2.45, 2.75) is 33.2 Å². The van der Waals surface area contributed by atoms with Gasteiger partial charge in [0.15, 0.2) is 0 Å². The van der Waals surface area contributed by atoms with E-state index < -0.39 is 17.4 Å². The van der Waals surface area contributed by atoms with Crippen LogP contribution in [0.2, 0.25) is 0 Å². The zero-order valence-electron chi connectivity index (χ0n) is 16.4. The van der Waals surface area contributed by atoms with Crippen molar-refractivity contribution in [2.24, 2.45) is 5.92 Å². The monoisotopic (exact) mass is 398 g/mol. The van der Waals surface area contributed by atoms with E-state index in [2.05, 4.69) is 27.2 Å². The molecule has 3 aromatic rings. The van der Waals surface area contributed by atoms with Crippen molar-refractivity contribution < 1.29 is 9.18 Å². The average molecular weight is 398 g/mol. The molecule has 0 saturated carbocycles. The molecule has 1 aliphatic heterocycles. The number of piperidine rings is 1. The van der Waals surface area contributed by atoms with Gasteiger partial charge in [-0.2, -0.15) is 4.98 Å². The van der Waals surface area contributed by atoms with Gasteiger partial charge < -0.3 is 10.2 Å². The summed E-state index contributed by atoms with van der Waals surface area (Å²) >= 11 is 0. The molecule has 8 nitrogen and oxygen atoms in total. The molecule has 4 rings (SSSR count). The van der Waals surface area contributed by atoms with Crippen LogP contribution >= 0.6 is 0 Å². The Bertz CT molecular complexity index is 1110. The van der Waals surface area contributed by atoms with Gasteiger partial charge in [-0.15, -0.1) is 5.10 Å². The fourth-order valence-electron chi connectivity index (χ4n) is 3.46. The Hall–Kier alpha value is -3.23. The number of nitrogens with one attached hydrogen (secondary N) is 1. The van der Waals surface area contributed by atoms with Crippen LogP contribution in [0.3, 0.4) is 0 Å². The summed E-state index contributed by atoms with van der Waals surface area (Å²) in [6.45, 7) is 5.50. The van der Waals surface area contributed by atoms with Crippen molar-refractivity contribution in [2.75, 3.05) is 23.3 Å². The van der Waals surface area contributed by atoms with E-state index in [4.69, 9.17) is 0 Å². The molecule has 29 heavy (non-hydrogen) atoms. The molecule has 152 valence electrons. The Morgan fingerprint density at radius 2 is 2.03 bits per heavy atom. The molecule has 0 bridgehead atoms. The van der Waals surface area contributed by atoms with Crippen LogP contribution in [0.1, 0.15) is 25.3 Å². The zero-order valence-corrected chi connectivity index (χ0v) is 16.4. The van der Waals surface area contributed by atoms with Crippen molar-refractivity contribution in [3.8, 4) is 0 Å². The van der Waals surface area contributed by atoms with Gasteiger partial charge in [0, 0.05) is 19.3 Å². The van der Waals surface area contributed by atoms with Crippen LogP contribution < -0.4 is 15.9 Å². The first kappa shape index (κ1) is 19.1. The Morgan fingerprint density at radius 1 is 1.28 bits per heavy atom. The van der Waals surface area contributed by atoms with E-state index in [0.717, 1.165) is 42.0 Å². The normalized spacial score (nSPS) is 15.1. The number of aryl methyl sites for hydroxylation is 1. The molecule has 1 aliphatic rings. The van der Waals surface area contributed by atoms with E-state index in [1.807, 2.05) is 0 Å². The summed E-state index contributed by atoms with van der Waals surface area (Å²) in [6, 6.07) is 6.31. The lowest BCUT2D eigenvalue weighted by Gasteiger charge is -2.30. The van der Waals surface area contributed by atoms with E-state index in [-0.39, 0.29) is 18.0 Å². The van der Waals surface area contributed by atoms with Crippen LogP contribution in [0.25, 0.3) is 5.78 Å². The van der Waals surface area contributed by atoms with Crippen molar-refractivity contribution in [1.82, 2.24) is 19.2 Å². The smallest absolute Gasteiger partial charge is 0.352 e. The summed E-state index contributed by atoms with van der Waals surface area (Å²) in [5.41, 5.74) is 0.352. The molecule has 1 fully saturated rings. The Morgan fingerprint density at radius 3 is 2.76 bits per heavy atom. The van der Waals surface area contributed by atoms with Crippen molar-refractivity contribution >= 4 is 23.2 Å². The zero-order chi connectivity index (χ0) is 20.5. The molecule has 1 saturated heterocycles.